The van der Waals surface area contributed by atoms with Crippen LogP contribution < -0.4 is 5.73 Å². The van der Waals surface area contributed by atoms with Gasteiger partial charge in [0.05, 0.1) is 6.61 Å². The largest absolute Gasteiger partial charge is 0.380 e. The Balaban J connectivity index is 1.81. The van der Waals surface area contributed by atoms with E-state index >= 15 is 0 Å². The van der Waals surface area contributed by atoms with Crippen LogP contribution in [0.1, 0.15) is 26.7 Å². The average molecular weight is 241 g/mol. The lowest BCUT2D eigenvalue weighted by atomic mass is 10.0. The quantitative estimate of drug-likeness (QED) is 0.782. The molecule has 0 aromatic rings. The molecule has 100 valence electrons. The van der Waals surface area contributed by atoms with Gasteiger partial charge in [-0.1, -0.05) is 0 Å². The molecule has 0 saturated carbocycles. The normalized spacial score (nSPS) is 29.5. The van der Waals surface area contributed by atoms with E-state index in [0.29, 0.717) is 6.04 Å². The molecule has 0 amide bonds. The standard InChI is InChI=1S/C13H27N3O/c1-13(2,11-14)16-7-5-15(6-8-16)12-4-3-9-17-10-12/h12H,3-11,14H2,1-2H3. The fraction of sp³-hybridized carbons (Fsp3) is 1.00. The van der Waals surface area contributed by atoms with Gasteiger partial charge in [-0.05, 0) is 26.7 Å². The van der Waals surface area contributed by atoms with Crippen LogP contribution in [0.25, 0.3) is 0 Å². The Morgan fingerprint density at radius 2 is 1.94 bits per heavy atom. The third kappa shape index (κ3) is 3.19. The zero-order chi connectivity index (χ0) is 12.3. The topological polar surface area (TPSA) is 41.7 Å². The van der Waals surface area contributed by atoms with Gasteiger partial charge in [0.15, 0.2) is 0 Å². The van der Waals surface area contributed by atoms with E-state index in [4.69, 9.17) is 10.5 Å². The molecule has 1 atom stereocenters. The molecule has 0 aliphatic carbocycles. The van der Waals surface area contributed by atoms with Gasteiger partial charge >= 0.3 is 0 Å². The van der Waals surface area contributed by atoms with Gasteiger partial charge in [0.25, 0.3) is 0 Å². The van der Waals surface area contributed by atoms with Crippen LogP contribution in [0.3, 0.4) is 0 Å². The van der Waals surface area contributed by atoms with Crippen LogP contribution in [0.4, 0.5) is 0 Å². The molecule has 0 spiro atoms. The van der Waals surface area contributed by atoms with Crippen molar-refractivity contribution >= 4 is 0 Å². The van der Waals surface area contributed by atoms with Crippen molar-refractivity contribution in [2.45, 2.75) is 38.3 Å². The minimum atomic E-state index is 0.148. The predicted molar refractivity (Wildman–Crippen MR) is 70.1 cm³/mol. The molecule has 2 rings (SSSR count). The first kappa shape index (κ1) is 13.3. The van der Waals surface area contributed by atoms with Crippen LogP contribution in [0.15, 0.2) is 0 Å². The van der Waals surface area contributed by atoms with Gasteiger partial charge in [-0.15, -0.1) is 0 Å². The fourth-order valence-electron chi connectivity index (χ4n) is 2.83. The monoisotopic (exact) mass is 241 g/mol. The third-order valence-corrected chi connectivity index (χ3v) is 4.32. The van der Waals surface area contributed by atoms with Crippen LogP contribution in [0.5, 0.6) is 0 Å². The summed E-state index contributed by atoms with van der Waals surface area (Å²) < 4.78 is 5.58. The molecular formula is C13H27N3O. The molecule has 2 aliphatic heterocycles. The molecule has 0 aromatic carbocycles. The van der Waals surface area contributed by atoms with Crippen LogP contribution in [-0.4, -0.2) is 67.3 Å². The summed E-state index contributed by atoms with van der Waals surface area (Å²) >= 11 is 0. The molecule has 0 aromatic heterocycles. The van der Waals surface area contributed by atoms with E-state index in [0.717, 1.165) is 45.9 Å². The minimum absolute atomic E-state index is 0.148. The van der Waals surface area contributed by atoms with Crippen LogP contribution in [0, 0.1) is 0 Å². The summed E-state index contributed by atoms with van der Waals surface area (Å²) in [5, 5.41) is 0. The second-order valence-electron chi connectivity index (χ2n) is 5.91. The number of nitrogens with zero attached hydrogens (tertiary/aromatic N) is 2. The summed E-state index contributed by atoms with van der Waals surface area (Å²) in [6.07, 6.45) is 2.53. The third-order valence-electron chi connectivity index (χ3n) is 4.32. The molecule has 2 aliphatic rings. The summed E-state index contributed by atoms with van der Waals surface area (Å²) in [6, 6.07) is 0.659. The fourth-order valence-corrected chi connectivity index (χ4v) is 2.83. The van der Waals surface area contributed by atoms with Crippen molar-refractivity contribution in [2.75, 3.05) is 45.9 Å². The van der Waals surface area contributed by atoms with Crippen molar-refractivity contribution in [3.8, 4) is 0 Å². The van der Waals surface area contributed by atoms with E-state index in [2.05, 4.69) is 23.6 Å². The maximum Gasteiger partial charge on any atom is 0.0621 e. The van der Waals surface area contributed by atoms with Crippen molar-refractivity contribution in [3.63, 3.8) is 0 Å². The Morgan fingerprint density at radius 1 is 1.24 bits per heavy atom. The van der Waals surface area contributed by atoms with Crippen LogP contribution in [0.2, 0.25) is 0 Å². The van der Waals surface area contributed by atoms with E-state index in [1.54, 1.807) is 0 Å². The first-order valence-corrected chi connectivity index (χ1v) is 6.90. The van der Waals surface area contributed by atoms with Gasteiger partial charge in [0.1, 0.15) is 0 Å². The van der Waals surface area contributed by atoms with Crippen LogP contribution in [-0.2, 0) is 4.74 Å². The average Bonchev–Trinajstić information content (AvgIpc) is 2.40. The van der Waals surface area contributed by atoms with Gasteiger partial charge in [0.2, 0.25) is 0 Å². The molecule has 0 radical (unpaired) electrons. The van der Waals surface area contributed by atoms with Gasteiger partial charge in [-0.2, -0.15) is 0 Å². The van der Waals surface area contributed by atoms with Crippen molar-refractivity contribution in [3.05, 3.63) is 0 Å². The summed E-state index contributed by atoms with van der Waals surface area (Å²) in [6.45, 7) is 11.7. The zero-order valence-electron chi connectivity index (χ0n) is 11.3. The lowest BCUT2D eigenvalue weighted by molar-refractivity contribution is -0.0173. The van der Waals surface area contributed by atoms with E-state index in [9.17, 15) is 0 Å². The molecule has 17 heavy (non-hydrogen) atoms. The van der Waals surface area contributed by atoms with Crippen molar-refractivity contribution in [1.82, 2.24) is 9.80 Å². The molecule has 2 fully saturated rings. The van der Waals surface area contributed by atoms with Gasteiger partial charge in [-0.25, -0.2) is 0 Å². The SMILES string of the molecule is CC(C)(CN)N1CCN(C2CCCOC2)CC1. The van der Waals surface area contributed by atoms with Crippen molar-refractivity contribution in [2.24, 2.45) is 5.73 Å². The van der Waals surface area contributed by atoms with Gasteiger partial charge in [0, 0.05) is 50.9 Å². The molecule has 1 unspecified atom stereocenters. The predicted octanol–water partition coefficient (Wildman–Crippen LogP) is 0.520. The minimum Gasteiger partial charge on any atom is -0.380 e. The molecule has 2 saturated heterocycles. The highest BCUT2D eigenvalue weighted by Gasteiger charge is 2.31. The zero-order valence-corrected chi connectivity index (χ0v) is 11.3. The lowest BCUT2D eigenvalue weighted by Gasteiger charge is -2.46. The summed E-state index contributed by atoms with van der Waals surface area (Å²) in [7, 11) is 0. The number of nitrogens with two attached hydrogens (primary N) is 1. The maximum absolute atomic E-state index is 5.84. The molecule has 4 heteroatoms. The summed E-state index contributed by atoms with van der Waals surface area (Å²) in [5.74, 6) is 0. The number of ether oxygens (including phenoxy) is 1. The Bertz CT molecular complexity index is 231. The highest BCUT2D eigenvalue weighted by atomic mass is 16.5. The highest BCUT2D eigenvalue weighted by Crippen LogP contribution is 2.19. The number of piperazine rings is 1. The first-order valence-electron chi connectivity index (χ1n) is 6.90. The molecule has 2 N–H and O–H groups in total. The molecule has 2 heterocycles. The Kier molecular flexibility index (Phi) is 4.42. The Hall–Kier alpha value is -0.160. The number of hydrogen-bond acceptors (Lipinski definition) is 4. The van der Waals surface area contributed by atoms with E-state index in [-0.39, 0.29) is 5.54 Å². The van der Waals surface area contributed by atoms with Crippen molar-refractivity contribution < 1.29 is 4.74 Å². The Morgan fingerprint density at radius 3 is 2.47 bits per heavy atom. The number of rotatable bonds is 3. The smallest absolute Gasteiger partial charge is 0.0621 e. The van der Waals surface area contributed by atoms with E-state index in [1.165, 1.54) is 12.8 Å². The molecule has 4 nitrogen and oxygen atoms in total. The van der Waals surface area contributed by atoms with E-state index < -0.39 is 0 Å². The maximum atomic E-state index is 5.84. The highest BCUT2D eigenvalue weighted by molar-refractivity contribution is 4.88. The number of hydrogen-bond donors (Lipinski definition) is 1. The van der Waals surface area contributed by atoms with Crippen molar-refractivity contribution in [1.29, 1.82) is 0 Å². The Labute approximate surface area is 105 Å². The second kappa shape index (κ2) is 5.65. The van der Waals surface area contributed by atoms with Gasteiger partial charge in [-0.3, -0.25) is 9.80 Å². The van der Waals surface area contributed by atoms with Crippen LogP contribution >= 0.6 is 0 Å². The second-order valence-corrected chi connectivity index (χ2v) is 5.91. The first-order chi connectivity index (χ1) is 8.13. The summed E-state index contributed by atoms with van der Waals surface area (Å²) in [5.41, 5.74) is 5.99. The lowest BCUT2D eigenvalue weighted by Crippen LogP contribution is -2.59. The van der Waals surface area contributed by atoms with Gasteiger partial charge < -0.3 is 10.5 Å². The molecule has 0 bridgehead atoms. The van der Waals surface area contributed by atoms with E-state index in [1.807, 2.05) is 0 Å². The summed E-state index contributed by atoms with van der Waals surface area (Å²) in [4.78, 5) is 5.12. The molecular weight excluding hydrogens is 214 g/mol.